The van der Waals surface area contributed by atoms with Gasteiger partial charge < -0.3 is 4.57 Å². The molecular formula is C17H18ClNO2. The Balaban J connectivity index is 2.44. The number of carbonyl (C=O) groups excluding carboxylic acids is 1. The van der Waals surface area contributed by atoms with Gasteiger partial charge in [0.25, 0.3) is 5.56 Å². The van der Waals surface area contributed by atoms with Crippen LogP contribution in [0.15, 0.2) is 41.2 Å². The van der Waals surface area contributed by atoms with Crippen molar-refractivity contribution < 1.29 is 4.79 Å². The molecule has 0 saturated heterocycles. The van der Waals surface area contributed by atoms with Crippen molar-refractivity contribution in [2.45, 2.75) is 33.2 Å². The van der Waals surface area contributed by atoms with E-state index in [1.165, 1.54) is 5.56 Å². The summed E-state index contributed by atoms with van der Waals surface area (Å²) in [5.41, 5.74) is 3.67. The van der Waals surface area contributed by atoms with Gasteiger partial charge in [0.1, 0.15) is 0 Å². The second kappa shape index (κ2) is 6.72. The Labute approximate surface area is 129 Å². The lowest BCUT2D eigenvalue weighted by atomic mass is 10.1. The van der Waals surface area contributed by atoms with E-state index in [9.17, 15) is 9.59 Å². The fourth-order valence-electron chi connectivity index (χ4n) is 2.34. The van der Waals surface area contributed by atoms with E-state index in [1.807, 2.05) is 44.2 Å². The van der Waals surface area contributed by atoms with Gasteiger partial charge in [-0.25, -0.2) is 0 Å². The first-order valence-corrected chi connectivity index (χ1v) is 7.38. The van der Waals surface area contributed by atoms with Crippen LogP contribution in [-0.4, -0.2) is 9.81 Å². The summed E-state index contributed by atoms with van der Waals surface area (Å²) in [6.45, 7) is 4.56. The molecule has 0 fully saturated rings. The third-order valence-corrected chi connectivity index (χ3v) is 3.70. The lowest BCUT2D eigenvalue weighted by molar-refractivity contribution is -0.111. The Morgan fingerprint density at radius 2 is 1.81 bits per heavy atom. The van der Waals surface area contributed by atoms with E-state index < -0.39 is 5.24 Å². The zero-order chi connectivity index (χ0) is 15.4. The van der Waals surface area contributed by atoms with Crippen molar-refractivity contribution in [3.63, 3.8) is 0 Å². The number of nitrogens with zero attached hydrogens (tertiary/aromatic N) is 1. The second-order valence-electron chi connectivity index (χ2n) is 5.01. The quantitative estimate of drug-likeness (QED) is 0.793. The van der Waals surface area contributed by atoms with Crippen LogP contribution >= 0.6 is 11.6 Å². The molecule has 3 nitrogen and oxygen atoms in total. The smallest absolute Gasteiger partial charge is 0.254 e. The van der Waals surface area contributed by atoms with Gasteiger partial charge >= 0.3 is 0 Å². The van der Waals surface area contributed by atoms with Gasteiger partial charge in [0, 0.05) is 18.5 Å². The molecule has 0 aliphatic heterocycles. The summed E-state index contributed by atoms with van der Waals surface area (Å²) >= 11 is 5.35. The number of benzene rings is 1. The summed E-state index contributed by atoms with van der Waals surface area (Å²) < 4.78 is 1.73. The third kappa shape index (κ3) is 3.61. The van der Waals surface area contributed by atoms with Gasteiger partial charge in [-0.2, -0.15) is 0 Å². The molecule has 0 radical (unpaired) electrons. The highest BCUT2D eigenvalue weighted by molar-refractivity contribution is 6.63. The van der Waals surface area contributed by atoms with Crippen LogP contribution in [0.25, 0.3) is 11.3 Å². The highest BCUT2D eigenvalue weighted by Crippen LogP contribution is 2.19. The summed E-state index contributed by atoms with van der Waals surface area (Å²) in [6, 6.07) is 11.8. The molecule has 2 rings (SSSR count). The molecule has 0 aliphatic rings. The van der Waals surface area contributed by atoms with E-state index in [0.717, 1.165) is 11.3 Å². The van der Waals surface area contributed by atoms with Crippen molar-refractivity contribution in [3.05, 3.63) is 57.9 Å². The predicted octanol–water partition coefficient (Wildman–Crippen LogP) is 3.54. The first-order valence-electron chi connectivity index (χ1n) is 7.01. The first kappa shape index (κ1) is 15.5. The molecule has 0 bridgehead atoms. The van der Waals surface area contributed by atoms with Gasteiger partial charge in [-0.3, -0.25) is 9.59 Å². The van der Waals surface area contributed by atoms with Gasteiger partial charge in [-0.05, 0) is 43.5 Å². The molecule has 0 amide bonds. The maximum atomic E-state index is 12.5. The number of halogens is 1. The third-order valence-electron chi connectivity index (χ3n) is 3.51. The van der Waals surface area contributed by atoms with Gasteiger partial charge in [0.05, 0.1) is 5.69 Å². The van der Waals surface area contributed by atoms with Crippen LogP contribution < -0.4 is 5.56 Å². The van der Waals surface area contributed by atoms with Crippen LogP contribution in [0.5, 0.6) is 0 Å². The van der Waals surface area contributed by atoms with E-state index in [0.29, 0.717) is 18.5 Å². The van der Waals surface area contributed by atoms with Gasteiger partial charge in [0.2, 0.25) is 5.24 Å². The van der Waals surface area contributed by atoms with Crippen LogP contribution in [0.1, 0.15) is 24.5 Å². The zero-order valence-corrected chi connectivity index (χ0v) is 13.0. The molecule has 21 heavy (non-hydrogen) atoms. The number of rotatable bonds is 5. The summed E-state index contributed by atoms with van der Waals surface area (Å²) in [4.78, 5) is 23.3. The summed E-state index contributed by atoms with van der Waals surface area (Å²) in [5.74, 6) is 0. The monoisotopic (exact) mass is 303 g/mol. The van der Waals surface area contributed by atoms with Gasteiger partial charge in [-0.15, -0.1) is 0 Å². The molecule has 0 saturated carbocycles. The lowest BCUT2D eigenvalue weighted by Gasteiger charge is -2.13. The van der Waals surface area contributed by atoms with E-state index in [1.54, 1.807) is 10.6 Å². The zero-order valence-electron chi connectivity index (χ0n) is 12.2. The van der Waals surface area contributed by atoms with Crippen molar-refractivity contribution in [1.82, 2.24) is 4.57 Å². The van der Waals surface area contributed by atoms with E-state index >= 15 is 0 Å². The number of aryl methyl sites for hydroxylation is 2. The number of pyridine rings is 1. The minimum atomic E-state index is -0.417. The maximum absolute atomic E-state index is 12.5. The topological polar surface area (TPSA) is 39.1 Å². The maximum Gasteiger partial charge on any atom is 0.254 e. The minimum absolute atomic E-state index is 0.0477. The van der Waals surface area contributed by atoms with E-state index in [2.05, 4.69) is 0 Å². The normalized spacial score (nSPS) is 10.6. The van der Waals surface area contributed by atoms with Crippen LogP contribution in [0, 0.1) is 6.92 Å². The van der Waals surface area contributed by atoms with Crippen molar-refractivity contribution in [1.29, 1.82) is 0 Å². The largest absolute Gasteiger partial charge is 0.308 e. The SMILES string of the molecule is CCn1c(-c2ccc(C)cc2)ccc(CCC(=O)Cl)c1=O. The Morgan fingerprint density at radius 3 is 2.38 bits per heavy atom. The summed E-state index contributed by atoms with van der Waals surface area (Å²) in [7, 11) is 0. The Kier molecular flexibility index (Phi) is 4.97. The summed E-state index contributed by atoms with van der Waals surface area (Å²) in [6.07, 6.45) is 0.569. The van der Waals surface area contributed by atoms with Crippen LogP contribution in [0.2, 0.25) is 0 Å². The molecular weight excluding hydrogens is 286 g/mol. The number of hydrogen-bond acceptors (Lipinski definition) is 2. The van der Waals surface area contributed by atoms with Crippen molar-refractivity contribution in [3.8, 4) is 11.3 Å². The predicted molar refractivity (Wildman–Crippen MR) is 85.7 cm³/mol. The van der Waals surface area contributed by atoms with Crippen molar-refractivity contribution >= 4 is 16.8 Å². The van der Waals surface area contributed by atoms with Gasteiger partial charge in [-0.1, -0.05) is 35.9 Å². The number of hydrogen-bond donors (Lipinski definition) is 0. The second-order valence-corrected chi connectivity index (χ2v) is 5.44. The summed E-state index contributed by atoms with van der Waals surface area (Å²) in [5, 5.41) is -0.417. The fourth-order valence-corrected chi connectivity index (χ4v) is 2.43. The highest BCUT2D eigenvalue weighted by Gasteiger charge is 2.10. The molecule has 0 atom stereocenters. The number of carbonyl (C=O) groups is 1. The molecule has 0 N–H and O–H groups in total. The van der Waals surface area contributed by atoms with Crippen LogP contribution in [-0.2, 0) is 17.8 Å². The number of aromatic nitrogens is 1. The van der Waals surface area contributed by atoms with Crippen molar-refractivity contribution in [2.24, 2.45) is 0 Å². The van der Waals surface area contributed by atoms with E-state index in [-0.39, 0.29) is 12.0 Å². The highest BCUT2D eigenvalue weighted by atomic mass is 35.5. The molecule has 4 heteroatoms. The molecule has 1 aromatic heterocycles. The van der Waals surface area contributed by atoms with Crippen molar-refractivity contribution in [2.75, 3.05) is 0 Å². The molecule has 1 aromatic carbocycles. The Bertz CT molecular complexity index is 702. The van der Waals surface area contributed by atoms with Crippen LogP contribution in [0.3, 0.4) is 0 Å². The first-order chi connectivity index (χ1) is 10.0. The molecule has 0 spiro atoms. The molecule has 0 aliphatic carbocycles. The molecule has 0 unspecified atom stereocenters. The van der Waals surface area contributed by atoms with Gasteiger partial charge in [0.15, 0.2) is 0 Å². The standard InChI is InChI=1S/C17H18ClNO2/c1-3-19-15(13-6-4-12(2)5-7-13)10-8-14(17(19)21)9-11-16(18)20/h4-8,10H,3,9,11H2,1-2H3. The molecule has 2 aromatic rings. The van der Waals surface area contributed by atoms with E-state index in [4.69, 9.17) is 11.6 Å². The van der Waals surface area contributed by atoms with Crippen LogP contribution in [0.4, 0.5) is 0 Å². The fraction of sp³-hybridized carbons (Fsp3) is 0.294. The average molecular weight is 304 g/mol. The molecule has 110 valence electrons. The minimum Gasteiger partial charge on any atom is -0.308 e. The Hall–Kier alpha value is -1.87. The Morgan fingerprint density at radius 1 is 1.14 bits per heavy atom. The lowest BCUT2D eigenvalue weighted by Crippen LogP contribution is -2.24. The average Bonchev–Trinajstić information content (AvgIpc) is 2.46. The molecule has 1 heterocycles.